The SMILES string of the molecule is CC(=O)Nc1nc2c(c(-c3cccc(C#N)c3)n1)CN(C#N)C2.CC(=O)Nc1nc2c(c(-c3cccc(OC(F)(F)F)c3)n1)CN(C#N)C2. The number of alkyl halides is 3. The van der Waals surface area contributed by atoms with Crippen molar-refractivity contribution >= 4 is 23.7 Å². The molecule has 0 unspecified atom stereocenters. The molecule has 6 rings (SSSR count). The van der Waals surface area contributed by atoms with E-state index in [-0.39, 0.29) is 36.8 Å². The Bertz CT molecular complexity index is 2080. The van der Waals surface area contributed by atoms with E-state index in [2.05, 4.69) is 47.6 Å². The van der Waals surface area contributed by atoms with Crippen molar-refractivity contribution in [1.29, 1.82) is 15.8 Å². The Labute approximate surface area is 277 Å². The maximum absolute atomic E-state index is 12.5. The zero-order valence-corrected chi connectivity index (χ0v) is 25.8. The molecular formula is C32H24F3N11O3. The summed E-state index contributed by atoms with van der Waals surface area (Å²) in [5.41, 5.74) is 5.31. The van der Waals surface area contributed by atoms with Gasteiger partial charge in [-0.15, -0.1) is 13.2 Å². The molecule has 0 atom stereocenters. The summed E-state index contributed by atoms with van der Waals surface area (Å²) in [5.74, 6) is -0.822. The minimum atomic E-state index is -4.81. The lowest BCUT2D eigenvalue weighted by molar-refractivity contribution is -0.274. The molecule has 0 aliphatic carbocycles. The summed E-state index contributed by atoms with van der Waals surface area (Å²) in [7, 11) is 0. The molecule has 2 amide bonds. The molecule has 0 fully saturated rings. The van der Waals surface area contributed by atoms with Gasteiger partial charge in [-0.2, -0.15) is 15.8 Å². The van der Waals surface area contributed by atoms with Crippen LogP contribution in [0.5, 0.6) is 5.75 Å². The molecule has 0 saturated carbocycles. The third kappa shape index (κ3) is 8.14. The number of carbonyl (C=O) groups is 2. The van der Waals surface area contributed by atoms with E-state index in [4.69, 9.17) is 15.8 Å². The van der Waals surface area contributed by atoms with Crippen molar-refractivity contribution in [2.45, 2.75) is 46.4 Å². The number of carbonyl (C=O) groups excluding carboxylic acids is 2. The third-order valence-electron chi connectivity index (χ3n) is 7.03. The summed E-state index contributed by atoms with van der Waals surface area (Å²) in [6, 6.07) is 14.5. The zero-order chi connectivity index (χ0) is 35.3. The van der Waals surface area contributed by atoms with Crippen molar-refractivity contribution < 1.29 is 27.5 Å². The maximum Gasteiger partial charge on any atom is 0.573 e. The number of halogens is 3. The fourth-order valence-corrected chi connectivity index (χ4v) is 5.13. The summed E-state index contributed by atoms with van der Waals surface area (Å²) in [4.78, 5) is 42.8. The van der Waals surface area contributed by atoms with Crippen LogP contribution in [0.3, 0.4) is 0 Å². The number of fused-ring (bicyclic) bond motifs is 2. The number of anilines is 2. The molecule has 0 saturated heterocycles. The predicted octanol–water partition coefficient (Wildman–Crippen LogP) is 4.57. The molecule has 2 aliphatic rings. The Morgan fingerprint density at radius 3 is 1.69 bits per heavy atom. The molecule has 0 bridgehead atoms. The van der Waals surface area contributed by atoms with Crippen LogP contribution in [0.25, 0.3) is 22.5 Å². The summed E-state index contributed by atoms with van der Waals surface area (Å²) in [5, 5.41) is 32.3. The third-order valence-corrected chi connectivity index (χ3v) is 7.03. The number of benzene rings is 2. The Hall–Kier alpha value is -6.80. The van der Waals surface area contributed by atoms with Gasteiger partial charge in [0.2, 0.25) is 23.7 Å². The lowest BCUT2D eigenvalue weighted by atomic mass is 10.0. The van der Waals surface area contributed by atoms with Crippen molar-refractivity contribution in [1.82, 2.24) is 29.7 Å². The van der Waals surface area contributed by atoms with E-state index in [9.17, 15) is 22.8 Å². The van der Waals surface area contributed by atoms with Gasteiger partial charge >= 0.3 is 6.36 Å². The number of nitrogens with zero attached hydrogens (tertiary/aromatic N) is 9. The van der Waals surface area contributed by atoms with Crippen molar-refractivity contribution in [2.24, 2.45) is 0 Å². The van der Waals surface area contributed by atoms with Crippen LogP contribution in [0.1, 0.15) is 41.9 Å². The quantitative estimate of drug-likeness (QED) is 0.282. The van der Waals surface area contributed by atoms with Gasteiger partial charge in [0.25, 0.3) is 0 Å². The van der Waals surface area contributed by atoms with E-state index in [1.54, 1.807) is 29.2 Å². The summed E-state index contributed by atoms with van der Waals surface area (Å²) in [6.07, 6.45) is -0.719. The number of hydrogen-bond acceptors (Lipinski definition) is 12. The summed E-state index contributed by atoms with van der Waals surface area (Å²) in [6.45, 7) is 3.92. The number of hydrogen-bond donors (Lipinski definition) is 2. The van der Waals surface area contributed by atoms with Crippen LogP contribution in [0, 0.1) is 34.2 Å². The average Bonchev–Trinajstić information content (AvgIpc) is 3.67. The van der Waals surface area contributed by atoms with Gasteiger partial charge in [0.15, 0.2) is 12.4 Å². The Morgan fingerprint density at radius 2 is 1.24 bits per heavy atom. The lowest BCUT2D eigenvalue weighted by Gasteiger charge is -2.12. The molecule has 4 aromatic rings. The Morgan fingerprint density at radius 1 is 0.755 bits per heavy atom. The fourth-order valence-electron chi connectivity index (χ4n) is 5.13. The second-order valence-corrected chi connectivity index (χ2v) is 10.7. The summed E-state index contributed by atoms with van der Waals surface area (Å²) >= 11 is 0. The first-order chi connectivity index (χ1) is 23.3. The number of amides is 2. The van der Waals surface area contributed by atoms with Crippen molar-refractivity contribution in [2.75, 3.05) is 10.6 Å². The van der Waals surface area contributed by atoms with Gasteiger partial charge in [-0.1, -0.05) is 24.3 Å². The highest BCUT2D eigenvalue weighted by molar-refractivity contribution is 5.87. The molecule has 14 nitrogen and oxygen atoms in total. The first-order valence-electron chi connectivity index (χ1n) is 14.4. The van der Waals surface area contributed by atoms with Crippen LogP contribution in [0.15, 0.2) is 48.5 Å². The molecule has 2 aromatic heterocycles. The molecule has 2 aliphatic heterocycles. The van der Waals surface area contributed by atoms with Crippen LogP contribution >= 0.6 is 0 Å². The highest BCUT2D eigenvalue weighted by Gasteiger charge is 2.32. The smallest absolute Gasteiger partial charge is 0.406 e. The minimum absolute atomic E-state index is 0.0215. The summed E-state index contributed by atoms with van der Waals surface area (Å²) < 4.78 is 41.3. The van der Waals surface area contributed by atoms with E-state index < -0.39 is 12.1 Å². The van der Waals surface area contributed by atoms with E-state index in [1.807, 2.05) is 12.3 Å². The molecule has 246 valence electrons. The molecule has 49 heavy (non-hydrogen) atoms. The normalized spacial score (nSPS) is 12.7. The van der Waals surface area contributed by atoms with Gasteiger partial charge in [0.1, 0.15) is 5.75 Å². The lowest BCUT2D eigenvalue weighted by Crippen LogP contribution is -2.17. The van der Waals surface area contributed by atoms with Crippen molar-refractivity contribution in [3.05, 3.63) is 76.6 Å². The van der Waals surface area contributed by atoms with Crippen LogP contribution in [0.4, 0.5) is 25.1 Å². The molecule has 2 aromatic carbocycles. The average molecular weight is 668 g/mol. The number of aromatic nitrogens is 4. The van der Waals surface area contributed by atoms with Gasteiger partial charge in [-0.25, -0.2) is 19.9 Å². The van der Waals surface area contributed by atoms with Gasteiger partial charge in [-0.05, 0) is 24.3 Å². The monoisotopic (exact) mass is 667 g/mol. The van der Waals surface area contributed by atoms with E-state index in [0.29, 0.717) is 52.6 Å². The highest BCUT2D eigenvalue weighted by Crippen LogP contribution is 2.34. The molecule has 17 heteroatoms. The Kier molecular flexibility index (Phi) is 9.52. The molecule has 2 N–H and O–H groups in total. The topological polar surface area (TPSA) is 197 Å². The number of nitriles is 3. The predicted molar refractivity (Wildman–Crippen MR) is 165 cm³/mol. The number of ether oxygens (including phenoxy) is 1. The molecule has 0 spiro atoms. The zero-order valence-electron chi connectivity index (χ0n) is 25.8. The second-order valence-electron chi connectivity index (χ2n) is 10.7. The van der Waals surface area contributed by atoms with Crippen LogP contribution in [-0.4, -0.2) is 47.9 Å². The number of rotatable bonds is 5. The number of nitrogens with one attached hydrogen (secondary N) is 2. The fraction of sp³-hybridized carbons (Fsp3) is 0.219. The van der Waals surface area contributed by atoms with Crippen LogP contribution < -0.4 is 15.4 Å². The maximum atomic E-state index is 12.5. The van der Waals surface area contributed by atoms with Crippen molar-refractivity contribution in [3.63, 3.8) is 0 Å². The first kappa shape index (κ1) is 33.6. The molecule has 4 heterocycles. The minimum Gasteiger partial charge on any atom is -0.406 e. The highest BCUT2D eigenvalue weighted by atomic mass is 19.4. The van der Waals surface area contributed by atoms with Crippen LogP contribution in [-0.2, 0) is 35.8 Å². The van der Waals surface area contributed by atoms with Crippen molar-refractivity contribution in [3.8, 4) is 46.7 Å². The van der Waals surface area contributed by atoms with E-state index >= 15 is 0 Å². The molecular weight excluding hydrogens is 643 g/mol. The standard InChI is InChI=1S/C16H12F3N5O2.C16H12N6O/c1-9(25)21-15-22-13-7-24(8-20)6-12(13)14(23-15)10-3-2-4-11(5-10)26-16(17,18)19;1-10(23)19-16-20-14-8-22(9-18)7-13(14)15(21-16)12-4-2-3-11(5-12)6-17/h2-5H,6-7H2,1H3,(H,21,22,23,25);2-5H,7-8H2,1H3,(H,19,20,21,23). The Balaban J connectivity index is 0.000000192. The van der Waals surface area contributed by atoms with Gasteiger partial charge < -0.3 is 14.5 Å². The van der Waals surface area contributed by atoms with Gasteiger partial charge in [-0.3, -0.25) is 20.2 Å². The molecule has 0 radical (unpaired) electrons. The first-order valence-corrected chi connectivity index (χ1v) is 14.4. The largest absolute Gasteiger partial charge is 0.573 e. The van der Waals surface area contributed by atoms with E-state index in [1.165, 1.54) is 36.9 Å². The van der Waals surface area contributed by atoms with Gasteiger partial charge in [0.05, 0.1) is 60.6 Å². The second kappa shape index (κ2) is 13.9. The van der Waals surface area contributed by atoms with Crippen LogP contribution in [0.2, 0.25) is 0 Å². The van der Waals surface area contributed by atoms with Gasteiger partial charge in [0, 0.05) is 36.1 Å². The van der Waals surface area contributed by atoms with E-state index in [0.717, 1.165) is 11.1 Å².